The molecular weight excluding hydrogens is 230 g/mol. The predicted octanol–water partition coefficient (Wildman–Crippen LogP) is 1.44. The molecule has 1 fully saturated rings. The van der Waals surface area contributed by atoms with Gasteiger partial charge in [-0.15, -0.1) is 0 Å². The van der Waals surface area contributed by atoms with E-state index in [2.05, 4.69) is 15.3 Å². The molecule has 2 aliphatic rings. The maximum atomic E-state index is 9.51. The van der Waals surface area contributed by atoms with Crippen LogP contribution in [0.1, 0.15) is 37.2 Å². The van der Waals surface area contributed by atoms with Gasteiger partial charge in [-0.25, -0.2) is 9.97 Å². The van der Waals surface area contributed by atoms with Gasteiger partial charge in [0.25, 0.3) is 0 Å². The first-order valence-electron chi connectivity index (χ1n) is 6.67. The number of ether oxygens (including phenoxy) is 1. The van der Waals surface area contributed by atoms with Crippen LogP contribution in [-0.4, -0.2) is 33.8 Å². The zero-order valence-electron chi connectivity index (χ0n) is 10.6. The van der Waals surface area contributed by atoms with Crippen molar-refractivity contribution < 1.29 is 9.84 Å². The van der Waals surface area contributed by atoms with E-state index in [0.717, 1.165) is 55.2 Å². The number of aliphatic hydroxyl groups is 1. The van der Waals surface area contributed by atoms with E-state index in [1.54, 1.807) is 0 Å². The lowest BCUT2D eigenvalue weighted by Gasteiger charge is -2.27. The van der Waals surface area contributed by atoms with Crippen LogP contribution in [0.25, 0.3) is 0 Å². The van der Waals surface area contributed by atoms with E-state index < -0.39 is 0 Å². The standard InChI is InChI=1S/C13H19N3O2/c1-8-14-11-6-7-18-12(11)13(15-8)16-9-2-4-10(17)5-3-9/h9-10,17H,2-7H2,1H3,(H,14,15,16)/t9-,10-. The van der Waals surface area contributed by atoms with Gasteiger partial charge in [-0.2, -0.15) is 0 Å². The molecule has 0 atom stereocenters. The van der Waals surface area contributed by atoms with Gasteiger partial charge in [-0.05, 0) is 32.6 Å². The second-order valence-electron chi connectivity index (χ2n) is 5.14. The van der Waals surface area contributed by atoms with Crippen molar-refractivity contribution in [1.29, 1.82) is 0 Å². The Labute approximate surface area is 107 Å². The summed E-state index contributed by atoms with van der Waals surface area (Å²) in [6.45, 7) is 2.61. The number of aliphatic hydroxyl groups excluding tert-OH is 1. The summed E-state index contributed by atoms with van der Waals surface area (Å²) in [5.74, 6) is 2.45. The minimum Gasteiger partial charge on any atom is -0.487 e. The molecular formula is C13H19N3O2. The second-order valence-corrected chi connectivity index (χ2v) is 5.14. The van der Waals surface area contributed by atoms with Gasteiger partial charge in [0.1, 0.15) is 5.82 Å². The van der Waals surface area contributed by atoms with Crippen molar-refractivity contribution in [3.63, 3.8) is 0 Å². The smallest absolute Gasteiger partial charge is 0.183 e. The Morgan fingerprint density at radius 1 is 1.22 bits per heavy atom. The zero-order valence-corrected chi connectivity index (χ0v) is 10.6. The lowest BCUT2D eigenvalue weighted by atomic mass is 9.93. The Balaban J connectivity index is 1.76. The lowest BCUT2D eigenvalue weighted by Crippen LogP contribution is -2.28. The molecule has 1 saturated carbocycles. The van der Waals surface area contributed by atoms with E-state index in [0.29, 0.717) is 12.6 Å². The van der Waals surface area contributed by atoms with E-state index in [1.807, 2.05) is 6.92 Å². The quantitative estimate of drug-likeness (QED) is 0.830. The van der Waals surface area contributed by atoms with Gasteiger partial charge in [0.15, 0.2) is 11.6 Å². The van der Waals surface area contributed by atoms with Crippen molar-refractivity contribution in [3.05, 3.63) is 11.5 Å². The summed E-state index contributed by atoms with van der Waals surface area (Å²) >= 11 is 0. The number of hydrogen-bond donors (Lipinski definition) is 2. The molecule has 1 aliphatic carbocycles. The van der Waals surface area contributed by atoms with Crippen molar-refractivity contribution in [1.82, 2.24) is 9.97 Å². The molecule has 0 saturated heterocycles. The van der Waals surface area contributed by atoms with E-state index in [9.17, 15) is 5.11 Å². The molecule has 98 valence electrons. The second kappa shape index (κ2) is 4.72. The number of hydrogen-bond acceptors (Lipinski definition) is 5. The molecule has 0 amide bonds. The SMILES string of the molecule is Cc1nc2c(c(N[C@H]3CC[C@H](O)CC3)n1)OCC2. The van der Waals surface area contributed by atoms with E-state index in [1.165, 1.54) is 0 Å². The molecule has 3 rings (SSSR count). The average molecular weight is 249 g/mol. The summed E-state index contributed by atoms with van der Waals surface area (Å²) in [7, 11) is 0. The van der Waals surface area contributed by atoms with Crippen LogP contribution >= 0.6 is 0 Å². The molecule has 1 aromatic heterocycles. The van der Waals surface area contributed by atoms with Gasteiger partial charge in [0.05, 0.1) is 18.4 Å². The van der Waals surface area contributed by atoms with E-state index >= 15 is 0 Å². The van der Waals surface area contributed by atoms with Crippen LogP contribution in [0.5, 0.6) is 5.75 Å². The highest BCUT2D eigenvalue weighted by Gasteiger charge is 2.24. The number of aromatic nitrogens is 2. The molecule has 0 unspecified atom stereocenters. The number of nitrogens with one attached hydrogen (secondary N) is 1. The molecule has 5 heteroatoms. The Morgan fingerprint density at radius 2 is 2.00 bits per heavy atom. The molecule has 1 aromatic rings. The minimum absolute atomic E-state index is 0.128. The number of aryl methyl sites for hydroxylation is 1. The Kier molecular flexibility index (Phi) is 3.07. The number of nitrogens with zero attached hydrogens (tertiary/aromatic N) is 2. The molecule has 0 spiro atoms. The molecule has 2 N–H and O–H groups in total. The van der Waals surface area contributed by atoms with Gasteiger partial charge in [-0.1, -0.05) is 0 Å². The highest BCUT2D eigenvalue weighted by molar-refractivity contribution is 5.54. The summed E-state index contributed by atoms with van der Waals surface area (Å²) < 4.78 is 5.61. The number of anilines is 1. The fraction of sp³-hybridized carbons (Fsp3) is 0.692. The highest BCUT2D eigenvalue weighted by Crippen LogP contribution is 2.32. The fourth-order valence-corrected chi connectivity index (χ4v) is 2.70. The van der Waals surface area contributed by atoms with Crippen LogP contribution in [0.15, 0.2) is 0 Å². The summed E-state index contributed by atoms with van der Waals surface area (Å²) in [6.07, 6.45) is 4.45. The largest absolute Gasteiger partial charge is 0.487 e. The highest BCUT2D eigenvalue weighted by atomic mass is 16.5. The Morgan fingerprint density at radius 3 is 2.78 bits per heavy atom. The van der Waals surface area contributed by atoms with Gasteiger partial charge in [0.2, 0.25) is 0 Å². The monoisotopic (exact) mass is 249 g/mol. The van der Waals surface area contributed by atoms with Crippen molar-refractivity contribution in [2.75, 3.05) is 11.9 Å². The normalized spacial score (nSPS) is 26.6. The van der Waals surface area contributed by atoms with Crippen LogP contribution in [0.2, 0.25) is 0 Å². The lowest BCUT2D eigenvalue weighted by molar-refractivity contribution is 0.126. The first-order valence-corrected chi connectivity index (χ1v) is 6.67. The Hall–Kier alpha value is -1.36. The summed E-state index contributed by atoms with van der Waals surface area (Å²) in [6, 6.07) is 0.385. The maximum absolute atomic E-state index is 9.51. The first-order chi connectivity index (χ1) is 8.72. The average Bonchev–Trinajstić information content (AvgIpc) is 2.80. The molecule has 0 radical (unpaired) electrons. The number of fused-ring (bicyclic) bond motifs is 1. The van der Waals surface area contributed by atoms with Crippen LogP contribution in [-0.2, 0) is 6.42 Å². The fourth-order valence-electron chi connectivity index (χ4n) is 2.70. The van der Waals surface area contributed by atoms with Crippen LogP contribution in [0, 0.1) is 6.92 Å². The third kappa shape index (κ3) is 2.27. The van der Waals surface area contributed by atoms with Gasteiger partial charge in [-0.3, -0.25) is 0 Å². The molecule has 1 aliphatic heterocycles. The van der Waals surface area contributed by atoms with Crippen molar-refractivity contribution in [3.8, 4) is 5.75 Å². The van der Waals surface area contributed by atoms with Crippen LogP contribution in [0.3, 0.4) is 0 Å². The molecule has 0 aromatic carbocycles. The summed E-state index contributed by atoms with van der Waals surface area (Å²) in [4.78, 5) is 8.85. The third-order valence-corrected chi connectivity index (χ3v) is 3.67. The topological polar surface area (TPSA) is 67.3 Å². The zero-order chi connectivity index (χ0) is 12.5. The third-order valence-electron chi connectivity index (χ3n) is 3.67. The van der Waals surface area contributed by atoms with Gasteiger partial charge < -0.3 is 15.2 Å². The maximum Gasteiger partial charge on any atom is 0.183 e. The van der Waals surface area contributed by atoms with E-state index in [4.69, 9.17) is 4.74 Å². The summed E-state index contributed by atoms with van der Waals surface area (Å²) in [5, 5.41) is 13.0. The molecule has 2 heterocycles. The van der Waals surface area contributed by atoms with Gasteiger partial charge in [0, 0.05) is 12.5 Å². The van der Waals surface area contributed by atoms with Crippen molar-refractivity contribution >= 4 is 5.82 Å². The van der Waals surface area contributed by atoms with Crippen LogP contribution in [0.4, 0.5) is 5.82 Å². The Bertz CT molecular complexity index is 442. The number of rotatable bonds is 2. The van der Waals surface area contributed by atoms with Crippen molar-refractivity contribution in [2.24, 2.45) is 0 Å². The van der Waals surface area contributed by atoms with Gasteiger partial charge >= 0.3 is 0 Å². The molecule has 5 nitrogen and oxygen atoms in total. The summed E-state index contributed by atoms with van der Waals surface area (Å²) in [5.41, 5.74) is 1.01. The minimum atomic E-state index is -0.128. The van der Waals surface area contributed by atoms with Crippen LogP contribution < -0.4 is 10.1 Å². The predicted molar refractivity (Wildman–Crippen MR) is 67.9 cm³/mol. The first kappa shape index (κ1) is 11.7. The molecule has 18 heavy (non-hydrogen) atoms. The molecule has 0 bridgehead atoms. The van der Waals surface area contributed by atoms with E-state index in [-0.39, 0.29) is 6.10 Å². The van der Waals surface area contributed by atoms with Crippen molar-refractivity contribution in [2.45, 2.75) is 51.2 Å².